The van der Waals surface area contributed by atoms with Gasteiger partial charge in [0.05, 0.1) is 16.8 Å². The van der Waals surface area contributed by atoms with Crippen molar-refractivity contribution >= 4 is 17.4 Å². The Hall–Kier alpha value is -1.59. The van der Waals surface area contributed by atoms with Crippen LogP contribution in [-0.2, 0) is 5.41 Å². The Morgan fingerprint density at radius 1 is 1.17 bits per heavy atom. The Balaban J connectivity index is 1.86. The molecule has 0 aromatic heterocycles. The van der Waals surface area contributed by atoms with Gasteiger partial charge in [-0.2, -0.15) is 0 Å². The van der Waals surface area contributed by atoms with Crippen molar-refractivity contribution in [2.75, 3.05) is 30.3 Å². The smallest absolute Gasteiger partial charge is 0.133 e. The molecule has 0 aliphatic carbocycles. The highest BCUT2D eigenvalue weighted by atomic mass is 32.2. The Labute approximate surface area is 182 Å². The zero-order chi connectivity index (χ0) is 21.3. The van der Waals surface area contributed by atoms with Crippen LogP contribution in [0.4, 0.5) is 14.5 Å². The first-order chi connectivity index (χ1) is 14.3. The summed E-state index contributed by atoms with van der Waals surface area (Å²) in [6, 6.07) is 8.27. The Bertz CT molecular complexity index is 995. The van der Waals surface area contributed by atoms with Gasteiger partial charge in [-0.15, -0.1) is 11.8 Å². The predicted octanol–water partition coefficient (Wildman–Crippen LogP) is 5.98. The molecule has 1 fully saturated rings. The molecule has 2 unspecified atom stereocenters. The number of halogens is 2. The van der Waals surface area contributed by atoms with Crippen molar-refractivity contribution in [3.05, 3.63) is 47.5 Å². The molecular weight excluding hydrogens is 398 g/mol. The number of nitrogens with zero attached hydrogens (tertiary/aromatic N) is 1. The molecule has 0 amide bonds. The minimum Gasteiger partial charge on any atom is -0.363 e. The molecule has 1 saturated heterocycles. The van der Waals surface area contributed by atoms with Crippen LogP contribution in [0.1, 0.15) is 46.1 Å². The van der Waals surface area contributed by atoms with Crippen LogP contribution in [0.5, 0.6) is 0 Å². The maximum Gasteiger partial charge on any atom is 0.133 e. The fourth-order valence-electron chi connectivity index (χ4n) is 6.72. The fraction of sp³-hybridized carbons (Fsp3) is 0.520. The predicted molar refractivity (Wildman–Crippen MR) is 122 cm³/mol. The number of anilines is 1. The lowest BCUT2D eigenvalue weighted by atomic mass is 9.51. The molecule has 0 radical (unpaired) electrons. The zero-order valence-electron chi connectivity index (χ0n) is 18.2. The first-order valence-corrected chi connectivity index (χ1v) is 12.0. The molecule has 5 rings (SSSR count). The molecule has 0 spiro atoms. The molecule has 2 nitrogen and oxygen atoms in total. The second-order valence-electron chi connectivity index (χ2n) is 9.93. The highest BCUT2D eigenvalue weighted by Gasteiger charge is 2.66. The summed E-state index contributed by atoms with van der Waals surface area (Å²) in [5.74, 6) is 0.0164. The van der Waals surface area contributed by atoms with E-state index >= 15 is 0 Å². The van der Waals surface area contributed by atoms with Gasteiger partial charge in [-0.05, 0) is 60.2 Å². The summed E-state index contributed by atoms with van der Waals surface area (Å²) < 4.78 is 29.5. The summed E-state index contributed by atoms with van der Waals surface area (Å²) in [4.78, 5) is 3.84. The van der Waals surface area contributed by atoms with E-state index < -0.39 is 11.6 Å². The molecule has 0 saturated carbocycles. The minimum atomic E-state index is -0.494. The zero-order valence-corrected chi connectivity index (χ0v) is 19.1. The lowest BCUT2D eigenvalue weighted by Crippen LogP contribution is -2.70. The van der Waals surface area contributed by atoms with Crippen molar-refractivity contribution in [2.45, 2.75) is 56.4 Å². The van der Waals surface area contributed by atoms with E-state index in [1.165, 1.54) is 34.3 Å². The Kier molecular flexibility index (Phi) is 4.54. The number of rotatable bonds is 2. The van der Waals surface area contributed by atoms with Crippen LogP contribution in [0.2, 0.25) is 0 Å². The molecule has 2 aromatic carbocycles. The van der Waals surface area contributed by atoms with Gasteiger partial charge in [-0.1, -0.05) is 33.8 Å². The van der Waals surface area contributed by atoms with E-state index in [0.29, 0.717) is 5.56 Å². The van der Waals surface area contributed by atoms with Crippen molar-refractivity contribution in [2.24, 2.45) is 5.41 Å². The van der Waals surface area contributed by atoms with Gasteiger partial charge >= 0.3 is 0 Å². The minimum absolute atomic E-state index is 0.0153. The van der Waals surface area contributed by atoms with Crippen molar-refractivity contribution in [1.29, 1.82) is 0 Å². The summed E-state index contributed by atoms with van der Waals surface area (Å²) in [5, 5.41) is 3.69. The normalized spacial score (nSPS) is 27.7. The molecular formula is C25H30F2N2S. The van der Waals surface area contributed by atoms with E-state index in [-0.39, 0.29) is 21.9 Å². The number of thioether (sulfide) groups is 1. The molecule has 3 aliphatic heterocycles. The summed E-state index contributed by atoms with van der Waals surface area (Å²) >= 11 is 1.82. The van der Waals surface area contributed by atoms with Crippen LogP contribution in [-0.4, -0.2) is 30.9 Å². The molecule has 3 heterocycles. The number of piperidine rings is 1. The van der Waals surface area contributed by atoms with E-state index in [4.69, 9.17) is 0 Å². The van der Waals surface area contributed by atoms with Gasteiger partial charge in [-0.25, -0.2) is 8.78 Å². The standard InChI is InChI=1S/C25H30F2N2S/c1-5-24-9-10-28-15-25(24,23(2,3)4)17-13-16(21-18(26)7-6-8-19(21)27)14-20-22(17)29(24)11-12-30-20/h6-8,13-14,28H,5,9-12,15H2,1-4H3. The maximum atomic E-state index is 14.7. The molecule has 5 heteroatoms. The van der Waals surface area contributed by atoms with Gasteiger partial charge < -0.3 is 10.2 Å². The fourth-order valence-corrected chi connectivity index (χ4v) is 7.78. The highest BCUT2D eigenvalue weighted by Crippen LogP contribution is 2.65. The highest BCUT2D eigenvalue weighted by molar-refractivity contribution is 7.99. The molecule has 2 aromatic rings. The van der Waals surface area contributed by atoms with Gasteiger partial charge in [0.25, 0.3) is 0 Å². The molecule has 2 atom stereocenters. The van der Waals surface area contributed by atoms with Crippen LogP contribution in [0, 0.1) is 17.0 Å². The third-order valence-corrected chi connectivity index (χ3v) is 8.92. The van der Waals surface area contributed by atoms with Gasteiger partial charge in [-0.3, -0.25) is 0 Å². The van der Waals surface area contributed by atoms with Crippen LogP contribution in [0.3, 0.4) is 0 Å². The SMILES string of the molecule is CCC12CCNCC1(C(C)(C)C)c1cc(-c3c(F)cccc3F)cc3c1N2CCS3. The van der Waals surface area contributed by atoms with Crippen molar-refractivity contribution in [1.82, 2.24) is 5.32 Å². The molecule has 30 heavy (non-hydrogen) atoms. The van der Waals surface area contributed by atoms with Crippen LogP contribution in [0.15, 0.2) is 35.2 Å². The first-order valence-electron chi connectivity index (χ1n) is 11.0. The summed E-state index contributed by atoms with van der Waals surface area (Å²) in [6.45, 7) is 12.2. The van der Waals surface area contributed by atoms with E-state index in [1.807, 2.05) is 17.8 Å². The van der Waals surface area contributed by atoms with Gasteiger partial charge in [0.1, 0.15) is 11.6 Å². The summed E-state index contributed by atoms with van der Waals surface area (Å²) in [5.41, 5.74) is 3.23. The topological polar surface area (TPSA) is 15.3 Å². The van der Waals surface area contributed by atoms with Crippen molar-refractivity contribution < 1.29 is 8.78 Å². The van der Waals surface area contributed by atoms with Crippen LogP contribution < -0.4 is 10.2 Å². The lowest BCUT2D eigenvalue weighted by Gasteiger charge is -2.59. The lowest BCUT2D eigenvalue weighted by molar-refractivity contribution is 0.0525. The average Bonchev–Trinajstić information content (AvgIpc) is 2.97. The Morgan fingerprint density at radius 3 is 2.57 bits per heavy atom. The van der Waals surface area contributed by atoms with Gasteiger partial charge in [0.15, 0.2) is 0 Å². The first kappa shape index (κ1) is 20.3. The number of hydrogen-bond donors (Lipinski definition) is 1. The quantitative estimate of drug-likeness (QED) is 0.633. The maximum absolute atomic E-state index is 14.7. The molecule has 0 bridgehead atoms. The summed E-state index contributed by atoms with van der Waals surface area (Å²) in [6.07, 6.45) is 2.15. The van der Waals surface area contributed by atoms with E-state index in [2.05, 4.69) is 44.0 Å². The van der Waals surface area contributed by atoms with Gasteiger partial charge in [0, 0.05) is 29.2 Å². The number of hydrogen-bond acceptors (Lipinski definition) is 3. The number of fused-ring (bicyclic) bond motifs is 3. The summed E-state index contributed by atoms with van der Waals surface area (Å²) in [7, 11) is 0. The number of nitrogens with one attached hydrogen (secondary N) is 1. The molecule has 1 N–H and O–H groups in total. The van der Waals surface area contributed by atoms with Crippen LogP contribution >= 0.6 is 11.8 Å². The van der Waals surface area contributed by atoms with Crippen molar-refractivity contribution in [3.63, 3.8) is 0 Å². The average molecular weight is 429 g/mol. The largest absolute Gasteiger partial charge is 0.363 e. The monoisotopic (exact) mass is 428 g/mol. The van der Waals surface area contributed by atoms with E-state index in [9.17, 15) is 8.78 Å². The second-order valence-corrected chi connectivity index (χ2v) is 11.1. The van der Waals surface area contributed by atoms with E-state index in [1.54, 1.807) is 0 Å². The Morgan fingerprint density at radius 2 is 1.90 bits per heavy atom. The van der Waals surface area contributed by atoms with E-state index in [0.717, 1.165) is 38.2 Å². The van der Waals surface area contributed by atoms with Crippen molar-refractivity contribution in [3.8, 4) is 11.1 Å². The third-order valence-electron chi connectivity index (χ3n) is 7.91. The third kappa shape index (κ3) is 2.39. The number of benzene rings is 2. The molecule has 3 aliphatic rings. The van der Waals surface area contributed by atoms with Gasteiger partial charge in [0.2, 0.25) is 0 Å². The molecule has 160 valence electrons. The second kappa shape index (κ2) is 6.70. The van der Waals surface area contributed by atoms with Crippen LogP contribution in [0.25, 0.3) is 11.1 Å².